The zero-order valence-corrected chi connectivity index (χ0v) is 11.3. The number of ether oxygens (including phenoxy) is 1. The Hall–Kier alpha value is -1.52. The summed E-state index contributed by atoms with van der Waals surface area (Å²) in [6.45, 7) is 3.05. The van der Waals surface area contributed by atoms with Crippen molar-refractivity contribution in [3.63, 3.8) is 0 Å². The van der Waals surface area contributed by atoms with Gasteiger partial charge in [0.15, 0.2) is 0 Å². The molecule has 1 aliphatic heterocycles. The average Bonchev–Trinajstić information content (AvgIpc) is 2.66. The lowest BCUT2D eigenvalue weighted by Crippen LogP contribution is -2.29. The minimum absolute atomic E-state index is 0.242. The highest BCUT2D eigenvalue weighted by Crippen LogP contribution is 2.28. The normalized spacial score (nSPS) is 16.3. The molecule has 1 aliphatic rings. The maximum absolute atomic E-state index is 9.04. The highest BCUT2D eigenvalue weighted by molar-refractivity contribution is 5.86. The lowest BCUT2D eigenvalue weighted by Gasteiger charge is -2.17. The summed E-state index contributed by atoms with van der Waals surface area (Å²) in [6.07, 6.45) is 2.06. The monoisotopic (exact) mass is 260 g/mol. The third-order valence-corrected chi connectivity index (χ3v) is 3.97. The maximum Gasteiger partial charge on any atom is 0.120 e. The molecular formula is C15H20N2O2. The van der Waals surface area contributed by atoms with E-state index in [-0.39, 0.29) is 6.61 Å². The molecular weight excluding hydrogens is 240 g/mol. The number of benzene rings is 1. The number of aliphatic hydroxyl groups is 1. The number of hydrogen-bond donors (Lipinski definition) is 2. The predicted octanol–water partition coefficient (Wildman–Crippen LogP) is 1.57. The lowest BCUT2D eigenvalue weighted by molar-refractivity contribution is 0.201. The van der Waals surface area contributed by atoms with E-state index in [2.05, 4.69) is 22.0 Å². The molecule has 0 bridgehead atoms. The molecule has 2 N–H and O–H groups in total. The Kier molecular flexibility index (Phi) is 3.44. The molecule has 0 aliphatic carbocycles. The molecule has 1 aromatic carbocycles. The Morgan fingerprint density at radius 2 is 2.16 bits per heavy atom. The summed E-state index contributed by atoms with van der Waals surface area (Å²) in [6, 6.07) is 6.23. The number of aliphatic hydroxyl groups excluding tert-OH is 1. The molecule has 2 aromatic rings. The largest absolute Gasteiger partial charge is 0.497 e. The molecule has 0 unspecified atom stereocenters. The van der Waals surface area contributed by atoms with Gasteiger partial charge in [0.25, 0.3) is 0 Å². The zero-order chi connectivity index (χ0) is 13.2. The fourth-order valence-electron chi connectivity index (χ4n) is 2.93. The van der Waals surface area contributed by atoms with E-state index in [4.69, 9.17) is 9.84 Å². The van der Waals surface area contributed by atoms with Gasteiger partial charge in [0, 0.05) is 48.7 Å². The van der Waals surface area contributed by atoms with Crippen molar-refractivity contribution in [3.8, 4) is 5.75 Å². The van der Waals surface area contributed by atoms with E-state index in [1.165, 1.54) is 22.2 Å². The van der Waals surface area contributed by atoms with E-state index in [9.17, 15) is 0 Å². The summed E-state index contributed by atoms with van der Waals surface area (Å²) < 4.78 is 5.27. The van der Waals surface area contributed by atoms with E-state index < -0.39 is 0 Å². The van der Waals surface area contributed by atoms with Crippen molar-refractivity contribution in [1.29, 1.82) is 0 Å². The van der Waals surface area contributed by atoms with Gasteiger partial charge in [-0.2, -0.15) is 0 Å². The van der Waals surface area contributed by atoms with Crippen molar-refractivity contribution in [2.75, 3.05) is 33.4 Å². The van der Waals surface area contributed by atoms with Gasteiger partial charge < -0.3 is 19.7 Å². The zero-order valence-electron chi connectivity index (χ0n) is 11.3. The summed E-state index contributed by atoms with van der Waals surface area (Å²) in [5.74, 6) is 0.894. The molecule has 19 heavy (non-hydrogen) atoms. The van der Waals surface area contributed by atoms with Crippen LogP contribution >= 0.6 is 0 Å². The molecule has 0 fully saturated rings. The second-order valence-electron chi connectivity index (χ2n) is 5.06. The minimum Gasteiger partial charge on any atom is -0.497 e. The average molecular weight is 260 g/mol. The van der Waals surface area contributed by atoms with Crippen LogP contribution < -0.4 is 4.74 Å². The summed E-state index contributed by atoms with van der Waals surface area (Å²) >= 11 is 0. The molecule has 4 nitrogen and oxygen atoms in total. The van der Waals surface area contributed by atoms with Crippen LogP contribution in [0.15, 0.2) is 18.2 Å². The number of nitrogens with zero attached hydrogens (tertiary/aromatic N) is 1. The summed E-state index contributed by atoms with van der Waals surface area (Å²) in [5.41, 5.74) is 3.93. The minimum atomic E-state index is 0.242. The van der Waals surface area contributed by atoms with Crippen molar-refractivity contribution >= 4 is 10.9 Å². The van der Waals surface area contributed by atoms with Gasteiger partial charge in [-0.1, -0.05) is 0 Å². The second-order valence-corrected chi connectivity index (χ2v) is 5.06. The third-order valence-electron chi connectivity index (χ3n) is 3.97. The van der Waals surface area contributed by atoms with Crippen LogP contribution in [0.1, 0.15) is 11.3 Å². The van der Waals surface area contributed by atoms with Gasteiger partial charge in [0.2, 0.25) is 0 Å². The number of methoxy groups -OCH3 is 1. The Morgan fingerprint density at radius 1 is 1.32 bits per heavy atom. The molecule has 4 heteroatoms. The van der Waals surface area contributed by atoms with Crippen molar-refractivity contribution in [1.82, 2.24) is 9.88 Å². The van der Waals surface area contributed by atoms with Crippen LogP contribution in [0.5, 0.6) is 5.75 Å². The summed E-state index contributed by atoms with van der Waals surface area (Å²) in [5, 5.41) is 10.4. The van der Waals surface area contributed by atoms with Crippen LogP contribution in [-0.4, -0.2) is 48.3 Å². The van der Waals surface area contributed by atoms with Crippen LogP contribution in [0.25, 0.3) is 10.9 Å². The molecule has 0 saturated heterocycles. The van der Waals surface area contributed by atoms with Gasteiger partial charge >= 0.3 is 0 Å². The topological polar surface area (TPSA) is 48.5 Å². The molecule has 2 heterocycles. The standard InChI is InChI=1S/C15H20N2O2/c1-19-11-2-3-12-13-4-6-17(8-9-18)7-5-14(13)16-15(12)10-11/h2-3,10,16,18H,4-9H2,1H3. The quantitative estimate of drug-likeness (QED) is 0.880. The van der Waals surface area contributed by atoms with Gasteiger partial charge in [-0.15, -0.1) is 0 Å². The predicted molar refractivity (Wildman–Crippen MR) is 75.8 cm³/mol. The molecule has 0 amide bonds. The van der Waals surface area contributed by atoms with E-state index >= 15 is 0 Å². The number of rotatable bonds is 3. The first-order chi connectivity index (χ1) is 9.31. The summed E-state index contributed by atoms with van der Waals surface area (Å²) in [4.78, 5) is 5.85. The Morgan fingerprint density at radius 3 is 2.95 bits per heavy atom. The van der Waals surface area contributed by atoms with Crippen LogP contribution in [0.4, 0.5) is 0 Å². The molecule has 0 radical (unpaired) electrons. The second kappa shape index (κ2) is 5.23. The van der Waals surface area contributed by atoms with Crippen molar-refractivity contribution < 1.29 is 9.84 Å². The van der Waals surface area contributed by atoms with Crippen molar-refractivity contribution in [2.45, 2.75) is 12.8 Å². The van der Waals surface area contributed by atoms with Crippen LogP contribution in [-0.2, 0) is 12.8 Å². The van der Waals surface area contributed by atoms with Gasteiger partial charge in [-0.3, -0.25) is 0 Å². The number of H-pyrrole nitrogens is 1. The summed E-state index contributed by atoms with van der Waals surface area (Å²) in [7, 11) is 1.70. The molecule has 0 atom stereocenters. The molecule has 0 saturated carbocycles. The fraction of sp³-hybridized carbons (Fsp3) is 0.467. The Balaban J connectivity index is 1.92. The van der Waals surface area contributed by atoms with E-state index in [0.717, 1.165) is 38.2 Å². The number of aromatic nitrogens is 1. The smallest absolute Gasteiger partial charge is 0.120 e. The van der Waals surface area contributed by atoms with E-state index in [1.807, 2.05) is 6.07 Å². The Bertz CT molecular complexity index is 577. The van der Waals surface area contributed by atoms with Gasteiger partial charge in [-0.25, -0.2) is 0 Å². The van der Waals surface area contributed by atoms with Gasteiger partial charge in [0.05, 0.1) is 13.7 Å². The van der Waals surface area contributed by atoms with E-state index in [0.29, 0.717) is 0 Å². The number of β-amino-alcohol motifs (C(OH)–C–C–N with tert-alkyl or cyclic N) is 1. The SMILES string of the molecule is COc1ccc2c3c([nH]c2c1)CCN(CCO)CC3. The number of nitrogens with one attached hydrogen (secondary N) is 1. The Labute approximate surface area is 113 Å². The van der Waals surface area contributed by atoms with Crippen LogP contribution in [0, 0.1) is 0 Å². The third kappa shape index (κ3) is 2.33. The number of hydrogen-bond acceptors (Lipinski definition) is 3. The highest BCUT2D eigenvalue weighted by Gasteiger charge is 2.17. The first-order valence-corrected chi connectivity index (χ1v) is 6.82. The van der Waals surface area contributed by atoms with Crippen molar-refractivity contribution in [3.05, 3.63) is 29.5 Å². The van der Waals surface area contributed by atoms with Gasteiger partial charge in [-0.05, 0) is 24.1 Å². The first kappa shape index (κ1) is 12.5. The maximum atomic E-state index is 9.04. The van der Waals surface area contributed by atoms with E-state index in [1.54, 1.807) is 7.11 Å². The molecule has 102 valence electrons. The van der Waals surface area contributed by atoms with Crippen LogP contribution in [0.3, 0.4) is 0 Å². The lowest BCUT2D eigenvalue weighted by atomic mass is 10.1. The fourth-order valence-corrected chi connectivity index (χ4v) is 2.93. The number of aromatic amines is 1. The molecule has 0 spiro atoms. The van der Waals surface area contributed by atoms with Gasteiger partial charge in [0.1, 0.15) is 5.75 Å². The highest BCUT2D eigenvalue weighted by atomic mass is 16.5. The van der Waals surface area contributed by atoms with Crippen LogP contribution in [0.2, 0.25) is 0 Å². The number of fused-ring (bicyclic) bond motifs is 3. The molecule has 3 rings (SSSR count). The molecule has 1 aromatic heterocycles. The first-order valence-electron chi connectivity index (χ1n) is 6.82. The van der Waals surface area contributed by atoms with Crippen molar-refractivity contribution in [2.24, 2.45) is 0 Å².